The molecular formula is C8H5Cl3F2. The van der Waals surface area contributed by atoms with Gasteiger partial charge >= 0.3 is 0 Å². The molecule has 1 rings (SSSR count). The highest BCUT2D eigenvalue weighted by molar-refractivity contribution is 6.35. The zero-order valence-corrected chi connectivity index (χ0v) is 8.54. The van der Waals surface area contributed by atoms with Gasteiger partial charge in [-0.3, -0.25) is 0 Å². The van der Waals surface area contributed by atoms with Crippen LogP contribution >= 0.6 is 34.8 Å². The molecule has 0 N–H and O–H groups in total. The molecule has 13 heavy (non-hydrogen) atoms. The molecule has 0 saturated carbocycles. The molecule has 72 valence electrons. The fourth-order valence-corrected chi connectivity index (χ4v) is 1.63. The highest BCUT2D eigenvalue weighted by Gasteiger charge is 2.21. The van der Waals surface area contributed by atoms with Gasteiger partial charge in [0, 0.05) is 10.0 Å². The van der Waals surface area contributed by atoms with Crippen molar-refractivity contribution in [2.45, 2.75) is 11.8 Å². The van der Waals surface area contributed by atoms with Gasteiger partial charge in [-0.2, -0.15) is 0 Å². The van der Waals surface area contributed by atoms with Crippen LogP contribution in [0.3, 0.4) is 0 Å². The standard InChI is InChI=1S/C8H5Cl3F2/c9-4-1-2-5(6(10)3-4)7(11)8(12)13/h1-3,7-8H. The lowest BCUT2D eigenvalue weighted by atomic mass is 10.1. The predicted octanol–water partition coefficient (Wildman–Crippen LogP) is 4.54. The van der Waals surface area contributed by atoms with Crippen molar-refractivity contribution in [3.63, 3.8) is 0 Å². The van der Waals surface area contributed by atoms with E-state index in [1.54, 1.807) is 0 Å². The summed E-state index contributed by atoms with van der Waals surface area (Å²) in [6.45, 7) is 0. The van der Waals surface area contributed by atoms with E-state index in [1.807, 2.05) is 0 Å². The van der Waals surface area contributed by atoms with Crippen LogP contribution in [0.4, 0.5) is 8.78 Å². The van der Waals surface area contributed by atoms with E-state index in [2.05, 4.69) is 0 Å². The maximum Gasteiger partial charge on any atom is 0.258 e. The Labute approximate surface area is 89.4 Å². The fourth-order valence-electron chi connectivity index (χ4n) is 0.861. The van der Waals surface area contributed by atoms with Crippen LogP contribution in [-0.4, -0.2) is 6.43 Å². The molecule has 0 radical (unpaired) electrons. The normalized spacial score (nSPS) is 13.4. The summed E-state index contributed by atoms with van der Waals surface area (Å²) < 4.78 is 24.3. The lowest BCUT2D eigenvalue weighted by Crippen LogP contribution is -2.02. The van der Waals surface area contributed by atoms with E-state index in [4.69, 9.17) is 34.8 Å². The SMILES string of the molecule is FC(F)C(Cl)c1ccc(Cl)cc1Cl. The van der Waals surface area contributed by atoms with Crippen molar-refractivity contribution in [2.24, 2.45) is 0 Å². The molecule has 0 aromatic heterocycles. The minimum Gasteiger partial charge on any atom is -0.208 e. The quantitative estimate of drug-likeness (QED) is 0.671. The second-order valence-electron chi connectivity index (χ2n) is 2.40. The molecule has 0 heterocycles. The monoisotopic (exact) mass is 244 g/mol. The molecule has 1 atom stereocenters. The third-order valence-corrected chi connectivity index (χ3v) is 2.47. The third-order valence-electron chi connectivity index (χ3n) is 1.48. The largest absolute Gasteiger partial charge is 0.258 e. The average molecular weight is 245 g/mol. The van der Waals surface area contributed by atoms with Crippen molar-refractivity contribution in [3.8, 4) is 0 Å². The molecule has 0 fully saturated rings. The molecule has 0 aliphatic heterocycles. The van der Waals surface area contributed by atoms with E-state index in [-0.39, 0.29) is 10.6 Å². The maximum atomic E-state index is 12.2. The minimum absolute atomic E-state index is 0.160. The number of alkyl halides is 3. The zero-order chi connectivity index (χ0) is 10.0. The molecule has 5 heteroatoms. The second-order valence-corrected chi connectivity index (χ2v) is 3.72. The predicted molar refractivity (Wildman–Crippen MR) is 51.1 cm³/mol. The van der Waals surface area contributed by atoms with Crippen LogP contribution in [0.5, 0.6) is 0 Å². The van der Waals surface area contributed by atoms with Gasteiger partial charge in [-0.25, -0.2) is 8.78 Å². The maximum absolute atomic E-state index is 12.2. The second kappa shape index (κ2) is 4.45. The molecular weight excluding hydrogens is 240 g/mol. The Hall–Kier alpha value is -0.0500. The molecule has 0 bridgehead atoms. The smallest absolute Gasteiger partial charge is 0.208 e. The van der Waals surface area contributed by atoms with Crippen molar-refractivity contribution in [2.75, 3.05) is 0 Å². The van der Waals surface area contributed by atoms with Crippen molar-refractivity contribution in [1.29, 1.82) is 0 Å². The number of benzene rings is 1. The lowest BCUT2D eigenvalue weighted by Gasteiger charge is -2.10. The number of rotatable bonds is 2. The van der Waals surface area contributed by atoms with E-state index in [9.17, 15) is 8.78 Å². The Kier molecular flexibility index (Phi) is 3.77. The molecule has 0 aliphatic rings. The van der Waals surface area contributed by atoms with E-state index >= 15 is 0 Å². The Morgan fingerprint density at radius 1 is 1.15 bits per heavy atom. The summed E-state index contributed by atoms with van der Waals surface area (Å²) in [6.07, 6.45) is -2.64. The van der Waals surface area contributed by atoms with Crippen LogP contribution < -0.4 is 0 Å². The highest BCUT2D eigenvalue weighted by atomic mass is 35.5. The summed E-state index contributed by atoms with van der Waals surface area (Å²) in [5, 5.41) is -0.829. The zero-order valence-electron chi connectivity index (χ0n) is 6.28. The first-order valence-electron chi connectivity index (χ1n) is 3.39. The molecule has 0 saturated heterocycles. The van der Waals surface area contributed by atoms with Crippen LogP contribution in [0.2, 0.25) is 10.0 Å². The summed E-state index contributed by atoms with van der Waals surface area (Å²) in [4.78, 5) is 0. The summed E-state index contributed by atoms with van der Waals surface area (Å²) in [5.74, 6) is 0. The highest BCUT2D eigenvalue weighted by Crippen LogP contribution is 2.33. The van der Waals surface area contributed by atoms with Crippen molar-refractivity contribution >= 4 is 34.8 Å². The number of hydrogen-bond acceptors (Lipinski definition) is 0. The molecule has 0 nitrogen and oxygen atoms in total. The first kappa shape index (κ1) is 11.0. The van der Waals surface area contributed by atoms with E-state index in [0.29, 0.717) is 5.02 Å². The van der Waals surface area contributed by atoms with Gasteiger partial charge in [0.05, 0.1) is 0 Å². The Morgan fingerprint density at radius 2 is 1.77 bits per heavy atom. The first-order chi connectivity index (χ1) is 6.02. The molecule has 1 aromatic rings. The van der Waals surface area contributed by atoms with Crippen LogP contribution in [0.25, 0.3) is 0 Å². The Morgan fingerprint density at radius 3 is 2.23 bits per heavy atom. The van der Waals surface area contributed by atoms with Crippen molar-refractivity contribution < 1.29 is 8.78 Å². The van der Waals surface area contributed by atoms with E-state index in [1.165, 1.54) is 18.2 Å². The average Bonchev–Trinajstić information content (AvgIpc) is 2.03. The summed E-state index contributed by atoms with van der Waals surface area (Å²) in [6, 6.07) is 4.26. The minimum atomic E-state index is -2.64. The number of halogens is 5. The molecule has 0 spiro atoms. The molecule has 1 aromatic carbocycles. The molecule has 0 amide bonds. The van der Waals surface area contributed by atoms with Gasteiger partial charge in [-0.1, -0.05) is 29.3 Å². The number of hydrogen-bond donors (Lipinski definition) is 0. The van der Waals surface area contributed by atoms with Gasteiger partial charge < -0.3 is 0 Å². The molecule has 0 aliphatic carbocycles. The van der Waals surface area contributed by atoms with Gasteiger partial charge in [0.1, 0.15) is 5.38 Å². The van der Waals surface area contributed by atoms with Gasteiger partial charge in [0.25, 0.3) is 6.43 Å². The van der Waals surface area contributed by atoms with Crippen molar-refractivity contribution in [3.05, 3.63) is 33.8 Å². The van der Waals surface area contributed by atoms with E-state index < -0.39 is 11.8 Å². The Balaban J connectivity index is 3.01. The Bertz CT molecular complexity index is 301. The lowest BCUT2D eigenvalue weighted by molar-refractivity contribution is 0.143. The third kappa shape index (κ3) is 2.70. The summed E-state index contributed by atoms with van der Waals surface area (Å²) in [5.41, 5.74) is 0.197. The topological polar surface area (TPSA) is 0 Å². The molecule has 1 unspecified atom stereocenters. The van der Waals surface area contributed by atoms with Gasteiger partial charge in [0.15, 0.2) is 0 Å². The van der Waals surface area contributed by atoms with Gasteiger partial charge in [-0.15, -0.1) is 11.6 Å². The first-order valence-corrected chi connectivity index (χ1v) is 4.59. The van der Waals surface area contributed by atoms with Crippen LogP contribution in [0.15, 0.2) is 18.2 Å². The van der Waals surface area contributed by atoms with Gasteiger partial charge in [0.2, 0.25) is 0 Å². The van der Waals surface area contributed by atoms with Gasteiger partial charge in [-0.05, 0) is 17.7 Å². The van der Waals surface area contributed by atoms with Crippen LogP contribution in [0, 0.1) is 0 Å². The van der Waals surface area contributed by atoms with Crippen LogP contribution in [-0.2, 0) is 0 Å². The fraction of sp³-hybridized carbons (Fsp3) is 0.250. The summed E-state index contributed by atoms with van der Waals surface area (Å²) in [7, 11) is 0. The van der Waals surface area contributed by atoms with Crippen LogP contribution in [0.1, 0.15) is 10.9 Å². The van der Waals surface area contributed by atoms with Crippen molar-refractivity contribution in [1.82, 2.24) is 0 Å². The summed E-state index contributed by atoms with van der Waals surface area (Å²) >= 11 is 16.7. The van der Waals surface area contributed by atoms with E-state index in [0.717, 1.165) is 0 Å².